The van der Waals surface area contributed by atoms with Crippen LogP contribution >= 0.6 is 11.6 Å². The van der Waals surface area contributed by atoms with Gasteiger partial charge in [0.25, 0.3) is 0 Å². The minimum absolute atomic E-state index is 0. The molecular weight excluding hydrogens is 548 g/mol. The van der Waals surface area contributed by atoms with Crippen LogP contribution in [0.15, 0.2) is 72.8 Å². The summed E-state index contributed by atoms with van der Waals surface area (Å²) in [7, 11) is 0. The second-order valence-corrected chi connectivity index (χ2v) is 11.2. The van der Waals surface area contributed by atoms with E-state index in [1.165, 1.54) is 29.5 Å². The first-order valence-electron chi connectivity index (χ1n) is 13.1. The predicted octanol–water partition coefficient (Wildman–Crippen LogP) is 2.95. The quantitative estimate of drug-likeness (QED) is 0.436. The van der Waals surface area contributed by atoms with E-state index in [2.05, 4.69) is 59.5 Å². The highest BCUT2D eigenvalue weighted by Gasteiger charge is 2.44. The molecule has 3 aromatic rings. The molecule has 1 fully saturated rings. The van der Waals surface area contributed by atoms with Crippen molar-refractivity contribution >= 4 is 23.3 Å². The third kappa shape index (κ3) is 5.01. The number of carbonyl (C=O) groups is 2. The third-order valence-electron chi connectivity index (χ3n) is 8.51. The molecule has 0 aromatic heterocycles. The van der Waals surface area contributed by atoms with Crippen LogP contribution in [0.3, 0.4) is 0 Å². The third-order valence-corrected chi connectivity index (χ3v) is 8.74. The van der Waals surface area contributed by atoms with Crippen LogP contribution in [0.1, 0.15) is 63.8 Å². The number of hydrogen-bond donors (Lipinski definition) is 0. The van der Waals surface area contributed by atoms with E-state index in [-0.39, 0.29) is 41.1 Å². The SMILES string of the molecule is O=C1CC(C(=O)N2CCc3ccccc3C2C[N+]2(Cc3ccccc3)CCCC2)c2cc(Cl)ccc21.[Br-]. The molecule has 1 aliphatic carbocycles. The lowest BCUT2D eigenvalue weighted by Crippen LogP contribution is -3.00. The van der Waals surface area contributed by atoms with Crippen molar-refractivity contribution in [2.24, 2.45) is 0 Å². The van der Waals surface area contributed by atoms with Gasteiger partial charge in [0.1, 0.15) is 19.1 Å². The van der Waals surface area contributed by atoms with Crippen LogP contribution in [0.2, 0.25) is 5.02 Å². The van der Waals surface area contributed by atoms with Gasteiger partial charge in [0.05, 0.1) is 19.0 Å². The second-order valence-electron chi connectivity index (χ2n) is 10.7. The van der Waals surface area contributed by atoms with Crippen LogP contribution in [-0.2, 0) is 17.8 Å². The van der Waals surface area contributed by atoms with Crippen molar-refractivity contribution < 1.29 is 31.1 Å². The Balaban J connectivity index is 0.00000280. The monoisotopic (exact) mass is 578 g/mol. The van der Waals surface area contributed by atoms with Gasteiger partial charge in [-0.3, -0.25) is 9.59 Å². The summed E-state index contributed by atoms with van der Waals surface area (Å²) in [5.41, 5.74) is 5.41. The number of quaternary nitrogens is 1. The van der Waals surface area contributed by atoms with Gasteiger partial charge in [-0.1, -0.05) is 66.2 Å². The first kappa shape index (κ1) is 26.1. The van der Waals surface area contributed by atoms with E-state index in [9.17, 15) is 9.59 Å². The van der Waals surface area contributed by atoms with Gasteiger partial charge >= 0.3 is 0 Å². The number of rotatable bonds is 5. The molecule has 3 aliphatic rings. The lowest BCUT2D eigenvalue weighted by molar-refractivity contribution is -0.932. The molecular formula is C31H32BrClN2O2. The predicted molar refractivity (Wildman–Crippen MR) is 142 cm³/mol. The molecule has 0 bridgehead atoms. The summed E-state index contributed by atoms with van der Waals surface area (Å²) in [6, 6.07) is 24.7. The van der Waals surface area contributed by atoms with Gasteiger partial charge in [-0.15, -0.1) is 0 Å². The molecule has 2 atom stereocenters. The number of hydrogen-bond acceptors (Lipinski definition) is 2. The van der Waals surface area contributed by atoms with Crippen LogP contribution < -0.4 is 17.0 Å². The van der Waals surface area contributed by atoms with Crippen molar-refractivity contribution in [1.29, 1.82) is 0 Å². The van der Waals surface area contributed by atoms with Crippen molar-refractivity contribution in [3.8, 4) is 0 Å². The molecule has 0 radical (unpaired) electrons. The summed E-state index contributed by atoms with van der Waals surface area (Å²) in [6.07, 6.45) is 3.53. The number of ketones is 1. The molecule has 0 N–H and O–H groups in total. The van der Waals surface area contributed by atoms with Gasteiger partial charge in [0.15, 0.2) is 5.78 Å². The molecule has 6 rings (SSSR count). The minimum Gasteiger partial charge on any atom is -1.00 e. The topological polar surface area (TPSA) is 37.4 Å². The van der Waals surface area contributed by atoms with Gasteiger partial charge in [0.2, 0.25) is 5.91 Å². The summed E-state index contributed by atoms with van der Waals surface area (Å²) in [4.78, 5) is 29.1. The number of likely N-dealkylation sites (tertiary alicyclic amines) is 1. The summed E-state index contributed by atoms with van der Waals surface area (Å²) in [5, 5.41) is 0.575. The summed E-state index contributed by atoms with van der Waals surface area (Å²) < 4.78 is 0.999. The average Bonchev–Trinajstić information content (AvgIpc) is 3.48. The van der Waals surface area contributed by atoms with Crippen molar-refractivity contribution in [3.05, 3.63) is 106 Å². The Morgan fingerprint density at radius 1 is 0.946 bits per heavy atom. The van der Waals surface area contributed by atoms with E-state index in [1.807, 2.05) is 6.07 Å². The fourth-order valence-corrected chi connectivity index (χ4v) is 6.94. The maximum atomic E-state index is 14.2. The molecule has 1 amide bonds. The van der Waals surface area contributed by atoms with E-state index in [0.29, 0.717) is 17.1 Å². The summed E-state index contributed by atoms with van der Waals surface area (Å²) in [5.74, 6) is -0.331. The van der Waals surface area contributed by atoms with Crippen LogP contribution in [0.5, 0.6) is 0 Å². The number of benzene rings is 3. The van der Waals surface area contributed by atoms with Crippen LogP contribution in [0.25, 0.3) is 0 Å². The maximum Gasteiger partial charge on any atom is 0.231 e. The number of carbonyl (C=O) groups excluding carboxylic acids is 2. The molecule has 2 aliphatic heterocycles. The van der Waals surface area contributed by atoms with Gasteiger partial charge in [-0.05, 0) is 41.3 Å². The zero-order valence-corrected chi connectivity index (χ0v) is 23.3. The van der Waals surface area contributed by atoms with Gasteiger partial charge in [-0.25, -0.2) is 0 Å². The van der Waals surface area contributed by atoms with E-state index in [4.69, 9.17) is 11.6 Å². The van der Waals surface area contributed by atoms with Gasteiger partial charge in [0, 0.05) is 42.0 Å². The number of nitrogens with zero attached hydrogens (tertiary/aromatic N) is 2. The largest absolute Gasteiger partial charge is 1.00 e. The highest BCUT2D eigenvalue weighted by molar-refractivity contribution is 6.31. The molecule has 3 aromatic carbocycles. The van der Waals surface area contributed by atoms with Crippen molar-refractivity contribution in [3.63, 3.8) is 0 Å². The highest BCUT2D eigenvalue weighted by Crippen LogP contribution is 2.41. The Labute approximate surface area is 234 Å². The van der Waals surface area contributed by atoms with E-state index in [1.54, 1.807) is 12.1 Å². The van der Waals surface area contributed by atoms with Gasteiger partial charge < -0.3 is 26.4 Å². The molecule has 37 heavy (non-hydrogen) atoms. The standard InChI is InChI=1S/C31H32ClN2O2.BrH/c32-24-12-13-26-27(18-24)28(19-30(26)35)31(36)33-15-14-23-10-4-5-11-25(23)29(33)21-34(16-6-7-17-34)20-22-8-2-1-3-9-22;/h1-5,8-13,18,28-29H,6-7,14-17,19-21H2;1H/q+1;/p-1. The Morgan fingerprint density at radius 2 is 1.68 bits per heavy atom. The number of amides is 1. The Kier molecular flexibility index (Phi) is 7.58. The molecule has 192 valence electrons. The normalized spacial score (nSPS) is 21.8. The van der Waals surface area contributed by atoms with Crippen molar-refractivity contribution in [2.45, 2.75) is 44.2 Å². The molecule has 4 nitrogen and oxygen atoms in total. The number of Topliss-reactive ketones (excluding diaryl/α,β-unsaturated/α-hetero) is 1. The number of halogens is 2. The van der Waals surface area contributed by atoms with Crippen molar-refractivity contribution in [1.82, 2.24) is 4.90 Å². The molecule has 6 heteroatoms. The second kappa shape index (κ2) is 10.7. The van der Waals surface area contributed by atoms with Crippen LogP contribution in [0, 0.1) is 0 Å². The lowest BCUT2D eigenvalue weighted by atomic mass is 9.89. The Hall–Kier alpha value is -2.47. The molecule has 2 heterocycles. The Bertz CT molecular complexity index is 1310. The molecule has 2 unspecified atom stereocenters. The Morgan fingerprint density at radius 3 is 2.46 bits per heavy atom. The van der Waals surface area contributed by atoms with Crippen LogP contribution in [-0.4, -0.2) is 47.3 Å². The van der Waals surface area contributed by atoms with Crippen LogP contribution in [0.4, 0.5) is 0 Å². The average molecular weight is 580 g/mol. The maximum absolute atomic E-state index is 14.2. The first-order chi connectivity index (χ1) is 17.5. The van der Waals surface area contributed by atoms with Crippen molar-refractivity contribution in [2.75, 3.05) is 26.2 Å². The fourth-order valence-electron chi connectivity index (χ4n) is 6.76. The molecule has 0 spiro atoms. The number of fused-ring (bicyclic) bond motifs is 2. The molecule has 0 saturated carbocycles. The zero-order chi connectivity index (χ0) is 24.7. The molecule has 1 saturated heterocycles. The van der Waals surface area contributed by atoms with E-state index < -0.39 is 5.92 Å². The summed E-state index contributed by atoms with van der Waals surface area (Å²) in [6.45, 7) is 4.85. The minimum atomic E-state index is -0.444. The smallest absolute Gasteiger partial charge is 0.231 e. The fraction of sp³-hybridized carbons (Fsp3) is 0.355. The highest BCUT2D eigenvalue weighted by atomic mass is 79.9. The lowest BCUT2D eigenvalue weighted by Gasteiger charge is -2.44. The van der Waals surface area contributed by atoms with E-state index in [0.717, 1.165) is 42.6 Å². The zero-order valence-electron chi connectivity index (χ0n) is 20.9. The first-order valence-corrected chi connectivity index (χ1v) is 13.5. The van der Waals surface area contributed by atoms with Gasteiger partial charge in [-0.2, -0.15) is 0 Å². The van der Waals surface area contributed by atoms with E-state index >= 15 is 0 Å². The summed E-state index contributed by atoms with van der Waals surface area (Å²) >= 11 is 6.29.